The second-order valence-corrected chi connectivity index (χ2v) is 7.14. The lowest BCUT2D eigenvalue weighted by molar-refractivity contribution is 0.458. The minimum absolute atomic E-state index is 0.262. The average Bonchev–Trinajstić information content (AvgIpc) is 3.00. The first kappa shape index (κ1) is 16.6. The van der Waals surface area contributed by atoms with Gasteiger partial charge in [0.25, 0.3) is 5.56 Å². The van der Waals surface area contributed by atoms with E-state index in [9.17, 15) is 9.59 Å². The average molecular weight is 353 g/mol. The van der Waals surface area contributed by atoms with Gasteiger partial charge in [-0.3, -0.25) is 13.9 Å². The van der Waals surface area contributed by atoms with E-state index in [0.29, 0.717) is 30.2 Å². The van der Waals surface area contributed by atoms with Crippen molar-refractivity contribution in [3.05, 3.63) is 50.7 Å². The van der Waals surface area contributed by atoms with E-state index in [1.165, 1.54) is 14.7 Å². The molecular weight excluding hydrogens is 330 g/mol. The molecule has 0 spiro atoms. The van der Waals surface area contributed by atoms with Crippen LogP contribution in [0.5, 0.6) is 0 Å². The second-order valence-electron chi connectivity index (χ2n) is 7.14. The van der Waals surface area contributed by atoms with Gasteiger partial charge in [-0.2, -0.15) is 4.98 Å². The summed E-state index contributed by atoms with van der Waals surface area (Å²) in [5.41, 5.74) is 2.61. The molecule has 0 radical (unpaired) electrons. The van der Waals surface area contributed by atoms with Crippen LogP contribution in [0.4, 0.5) is 11.6 Å². The standard InChI is InChI=1S/C19H23N5O2/c1-5-22-17(25)15-16(21(4)19(22)26)20-18-23(10-13(3)11-24(15)18)14-8-6-12(2)7-9-14/h6-9,13H,5,10-11H2,1-4H3/t13-/m1/s1. The molecule has 1 aliphatic heterocycles. The molecule has 136 valence electrons. The highest BCUT2D eigenvalue weighted by molar-refractivity contribution is 5.77. The van der Waals surface area contributed by atoms with E-state index < -0.39 is 0 Å². The predicted octanol–water partition coefficient (Wildman–Crippen LogP) is 2.01. The SMILES string of the molecule is CCn1c(=O)c2c(nc3n2C[C@H](C)CN3c2ccc(C)cc2)n(C)c1=O. The van der Waals surface area contributed by atoms with Crippen molar-refractivity contribution in [2.45, 2.75) is 33.9 Å². The highest BCUT2D eigenvalue weighted by atomic mass is 16.2. The summed E-state index contributed by atoms with van der Waals surface area (Å²) in [5.74, 6) is 1.08. The Hall–Kier alpha value is -2.83. The van der Waals surface area contributed by atoms with Crippen molar-refractivity contribution in [2.75, 3.05) is 11.4 Å². The Bertz CT molecular complexity index is 1100. The molecule has 1 atom stereocenters. The van der Waals surface area contributed by atoms with Crippen LogP contribution in [0.2, 0.25) is 0 Å². The summed E-state index contributed by atoms with van der Waals surface area (Å²) >= 11 is 0. The van der Waals surface area contributed by atoms with Crippen LogP contribution in [0, 0.1) is 12.8 Å². The molecule has 26 heavy (non-hydrogen) atoms. The van der Waals surface area contributed by atoms with Gasteiger partial charge in [0.05, 0.1) is 0 Å². The van der Waals surface area contributed by atoms with Gasteiger partial charge in [-0.15, -0.1) is 0 Å². The maximum Gasteiger partial charge on any atom is 0.332 e. The number of benzene rings is 1. The van der Waals surface area contributed by atoms with Gasteiger partial charge in [0.2, 0.25) is 5.95 Å². The molecule has 0 bridgehead atoms. The normalized spacial score (nSPS) is 16.9. The van der Waals surface area contributed by atoms with Crippen LogP contribution in [0.15, 0.2) is 33.9 Å². The minimum Gasteiger partial charge on any atom is -0.312 e. The molecule has 0 N–H and O–H groups in total. The van der Waals surface area contributed by atoms with E-state index in [1.807, 2.05) is 11.5 Å². The third-order valence-electron chi connectivity index (χ3n) is 5.10. The number of anilines is 2. The third-order valence-corrected chi connectivity index (χ3v) is 5.10. The molecule has 2 aromatic heterocycles. The van der Waals surface area contributed by atoms with Crippen molar-refractivity contribution in [2.24, 2.45) is 13.0 Å². The third kappa shape index (κ3) is 2.30. The quantitative estimate of drug-likeness (QED) is 0.707. The minimum atomic E-state index is -0.324. The van der Waals surface area contributed by atoms with Gasteiger partial charge in [-0.05, 0) is 31.9 Å². The lowest BCUT2D eigenvalue weighted by Gasteiger charge is -2.33. The second kappa shape index (κ2) is 5.86. The lowest BCUT2D eigenvalue weighted by atomic mass is 10.1. The predicted molar refractivity (Wildman–Crippen MR) is 102 cm³/mol. The van der Waals surface area contributed by atoms with Gasteiger partial charge in [-0.1, -0.05) is 24.6 Å². The number of imidazole rings is 1. The summed E-state index contributed by atoms with van der Waals surface area (Å²) in [6.45, 7) is 7.91. The number of fused-ring (bicyclic) bond motifs is 3. The molecule has 0 saturated carbocycles. The smallest absolute Gasteiger partial charge is 0.312 e. The van der Waals surface area contributed by atoms with E-state index in [2.05, 4.69) is 43.0 Å². The molecular formula is C19H23N5O2. The van der Waals surface area contributed by atoms with Crippen LogP contribution < -0.4 is 16.1 Å². The first-order valence-corrected chi connectivity index (χ1v) is 8.96. The van der Waals surface area contributed by atoms with E-state index in [0.717, 1.165) is 18.2 Å². The van der Waals surface area contributed by atoms with Crippen molar-refractivity contribution in [3.8, 4) is 0 Å². The maximum atomic E-state index is 12.9. The summed E-state index contributed by atoms with van der Waals surface area (Å²) < 4.78 is 4.72. The van der Waals surface area contributed by atoms with E-state index in [-0.39, 0.29) is 11.2 Å². The summed E-state index contributed by atoms with van der Waals surface area (Å²) in [7, 11) is 1.68. The Morgan fingerprint density at radius 3 is 2.50 bits per heavy atom. The Kier molecular flexibility index (Phi) is 3.75. The topological polar surface area (TPSA) is 65.1 Å². The number of nitrogens with zero attached hydrogens (tertiary/aromatic N) is 5. The molecule has 0 aliphatic carbocycles. The molecule has 1 aliphatic rings. The summed E-state index contributed by atoms with van der Waals surface area (Å²) in [6, 6.07) is 8.28. The van der Waals surface area contributed by atoms with Crippen molar-refractivity contribution in [1.29, 1.82) is 0 Å². The molecule has 3 aromatic rings. The van der Waals surface area contributed by atoms with Crippen LogP contribution in [0.1, 0.15) is 19.4 Å². The Morgan fingerprint density at radius 2 is 1.85 bits per heavy atom. The number of aromatic nitrogens is 4. The van der Waals surface area contributed by atoms with Crippen LogP contribution in [-0.4, -0.2) is 25.2 Å². The number of hydrogen-bond donors (Lipinski definition) is 0. The maximum absolute atomic E-state index is 12.9. The molecule has 0 saturated heterocycles. The number of rotatable bonds is 2. The fraction of sp³-hybridized carbons (Fsp3) is 0.421. The number of hydrogen-bond acceptors (Lipinski definition) is 4. The zero-order valence-corrected chi connectivity index (χ0v) is 15.6. The van der Waals surface area contributed by atoms with Crippen LogP contribution in [-0.2, 0) is 20.1 Å². The molecule has 7 nitrogen and oxygen atoms in total. The van der Waals surface area contributed by atoms with E-state index in [4.69, 9.17) is 4.98 Å². The fourth-order valence-corrected chi connectivity index (χ4v) is 3.73. The summed E-state index contributed by atoms with van der Waals surface area (Å²) in [5, 5.41) is 0. The summed E-state index contributed by atoms with van der Waals surface area (Å²) in [6.07, 6.45) is 0. The molecule has 0 amide bonds. The molecule has 0 fully saturated rings. The van der Waals surface area contributed by atoms with Gasteiger partial charge < -0.3 is 9.47 Å². The Balaban J connectivity index is 2.03. The van der Waals surface area contributed by atoms with Crippen molar-refractivity contribution >= 4 is 22.8 Å². The van der Waals surface area contributed by atoms with Gasteiger partial charge in [0.1, 0.15) is 0 Å². The largest absolute Gasteiger partial charge is 0.332 e. The zero-order valence-electron chi connectivity index (χ0n) is 15.6. The highest BCUT2D eigenvalue weighted by Gasteiger charge is 2.29. The Morgan fingerprint density at radius 1 is 1.15 bits per heavy atom. The van der Waals surface area contributed by atoms with Gasteiger partial charge in [0, 0.05) is 32.4 Å². The van der Waals surface area contributed by atoms with Gasteiger partial charge >= 0.3 is 5.69 Å². The highest BCUT2D eigenvalue weighted by Crippen LogP contribution is 2.32. The number of aryl methyl sites for hydroxylation is 2. The van der Waals surface area contributed by atoms with Gasteiger partial charge in [0.15, 0.2) is 11.2 Å². The van der Waals surface area contributed by atoms with Crippen LogP contribution >= 0.6 is 0 Å². The molecule has 3 heterocycles. The fourth-order valence-electron chi connectivity index (χ4n) is 3.73. The van der Waals surface area contributed by atoms with Crippen LogP contribution in [0.3, 0.4) is 0 Å². The van der Waals surface area contributed by atoms with Gasteiger partial charge in [-0.25, -0.2) is 4.79 Å². The van der Waals surface area contributed by atoms with Crippen molar-refractivity contribution in [1.82, 2.24) is 18.7 Å². The zero-order chi connectivity index (χ0) is 18.6. The lowest BCUT2D eigenvalue weighted by Crippen LogP contribution is -2.40. The molecule has 1 aromatic carbocycles. The Labute approximate surface area is 151 Å². The van der Waals surface area contributed by atoms with E-state index in [1.54, 1.807) is 7.05 Å². The van der Waals surface area contributed by atoms with Crippen molar-refractivity contribution in [3.63, 3.8) is 0 Å². The van der Waals surface area contributed by atoms with E-state index >= 15 is 0 Å². The molecule has 7 heteroatoms. The first-order chi connectivity index (χ1) is 12.4. The van der Waals surface area contributed by atoms with Crippen LogP contribution in [0.25, 0.3) is 11.2 Å². The molecule has 4 rings (SSSR count). The summed E-state index contributed by atoms with van der Waals surface area (Å²) in [4.78, 5) is 32.2. The first-order valence-electron chi connectivity index (χ1n) is 8.96. The molecule has 0 unspecified atom stereocenters. The monoisotopic (exact) mass is 353 g/mol. The van der Waals surface area contributed by atoms with Crippen molar-refractivity contribution < 1.29 is 0 Å².